The van der Waals surface area contributed by atoms with Crippen LogP contribution < -0.4 is 5.73 Å². The van der Waals surface area contributed by atoms with E-state index < -0.39 is 0 Å². The summed E-state index contributed by atoms with van der Waals surface area (Å²) in [4.78, 5) is 0. The van der Waals surface area contributed by atoms with E-state index in [9.17, 15) is 0 Å². The molecular weight excluding hydrogens is 254 g/mol. The smallest absolute Gasteiger partial charge is 0.00105 e. The Balaban J connectivity index is 2.20. The highest BCUT2D eigenvalue weighted by atomic mass is 14.6. The second kappa shape index (κ2) is 6.96. The van der Waals surface area contributed by atoms with Gasteiger partial charge in [0.25, 0.3) is 0 Å². The molecule has 1 saturated carbocycles. The third kappa shape index (κ3) is 4.85. The second-order valence-corrected chi connectivity index (χ2v) is 8.06. The summed E-state index contributed by atoms with van der Waals surface area (Å²) in [6, 6.07) is 7.71. The van der Waals surface area contributed by atoms with Crippen molar-refractivity contribution in [2.24, 2.45) is 5.73 Å². The fourth-order valence-electron chi connectivity index (χ4n) is 3.42. The monoisotopic (exact) mass is 287 g/mol. The Bertz CT molecular complexity index is 447. The highest BCUT2D eigenvalue weighted by molar-refractivity contribution is 5.36. The molecule has 0 spiro atoms. The largest absolute Gasteiger partial charge is 0.328 e. The maximum Gasteiger partial charge on any atom is 0.00105 e. The SMILES string of the molecule is C[C@H](N)CCCc1cc(C2CCCC2)cc(C(C)(C)C)c1. The lowest BCUT2D eigenvalue weighted by molar-refractivity contribution is 0.583. The van der Waals surface area contributed by atoms with Crippen LogP contribution in [0.4, 0.5) is 0 Å². The summed E-state index contributed by atoms with van der Waals surface area (Å²) in [5, 5.41) is 0. The van der Waals surface area contributed by atoms with E-state index in [2.05, 4.69) is 45.9 Å². The van der Waals surface area contributed by atoms with Gasteiger partial charge in [0.15, 0.2) is 0 Å². The molecule has 2 rings (SSSR count). The van der Waals surface area contributed by atoms with Crippen molar-refractivity contribution < 1.29 is 0 Å². The van der Waals surface area contributed by atoms with Crippen molar-refractivity contribution in [1.29, 1.82) is 0 Å². The summed E-state index contributed by atoms with van der Waals surface area (Å²) >= 11 is 0. The normalized spacial score (nSPS) is 18.1. The molecule has 118 valence electrons. The van der Waals surface area contributed by atoms with Crippen LogP contribution in [0.5, 0.6) is 0 Å². The van der Waals surface area contributed by atoms with Crippen molar-refractivity contribution in [1.82, 2.24) is 0 Å². The predicted octanol–water partition coefficient (Wildman–Crippen LogP) is 5.31. The molecule has 1 aliphatic rings. The van der Waals surface area contributed by atoms with Gasteiger partial charge in [-0.2, -0.15) is 0 Å². The van der Waals surface area contributed by atoms with Gasteiger partial charge in [0, 0.05) is 6.04 Å². The van der Waals surface area contributed by atoms with Gasteiger partial charge < -0.3 is 5.73 Å². The Morgan fingerprint density at radius 3 is 2.38 bits per heavy atom. The van der Waals surface area contributed by atoms with Crippen LogP contribution in [0.15, 0.2) is 18.2 Å². The fourth-order valence-corrected chi connectivity index (χ4v) is 3.42. The molecule has 0 aromatic heterocycles. The lowest BCUT2D eigenvalue weighted by atomic mass is 9.82. The zero-order valence-corrected chi connectivity index (χ0v) is 14.4. The Morgan fingerprint density at radius 2 is 1.81 bits per heavy atom. The van der Waals surface area contributed by atoms with E-state index in [1.165, 1.54) is 49.7 Å². The molecule has 1 aromatic rings. The molecule has 21 heavy (non-hydrogen) atoms. The van der Waals surface area contributed by atoms with Gasteiger partial charge in [-0.1, -0.05) is 51.8 Å². The summed E-state index contributed by atoms with van der Waals surface area (Å²) in [5.41, 5.74) is 10.7. The van der Waals surface area contributed by atoms with Crippen LogP contribution in [0.1, 0.15) is 88.8 Å². The van der Waals surface area contributed by atoms with Gasteiger partial charge in [0.2, 0.25) is 0 Å². The van der Waals surface area contributed by atoms with Crippen molar-refractivity contribution in [3.05, 3.63) is 34.9 Å². The first-order valence-corrected chi connectivity index (χ1v) is 8.76. The summed E-state index contributed by atoms with van der Waals surface area (Å²) in [7, 11) is 0. The van der Waals surface area contributed by atoms with Crippen LogP contribution in [0.2, 0.25) is 0 Å². The van der Waals surface area contributed by atoms with E-state index in [1.54, 1.807) is 5.56 Å². The summed E-state index contributed by atoms with van der Waals surface area (Å²) < 4.78 is 0. The first-order valence-electron chi connectivity index (χ1n) is 8.76. The zero-order valence-electron chi connectivity index (χ0n) is 14.4. The Morgan fingerprint density at radius 1 is 1.14 bits per heavy atom. The van der Waals surface area contributed by atoms with E-state index in [0.29, 0.717) is 6.04 Å². The van der Waals surface area contributed by atoms with Crippen LogP contribution in [-0.4, -0.2) is 6.04 Å². The van der Waals surface area contributed by atoms with Crippen molar-refractivity contribution >= 4 is 0 Å². The number of rotatable bonds is 5. The van der Waals surface area contributed by atoms with Gasteiger partial charge in [-0.25, -0.2) is 0 Å². The lowest BCUT2D eigenvalue weighted by Crippen LogP contribution is -2.15. The predicted molar refractivity (Wildman–Crippen MR) is 92.9 cm³/mol. The van der Waals surface area contributed by atoms with E-state index in [0.717, 1.165) is 12.3 Å². The molecular formula is C20H33N. The average Bonchev–Trinajstić information content (AvgIpc) is 2.90. The minimum Gasteiger partial charge on any atom is -0.328 e. The molecule has 1 fully saturated rings. The minimum absolute atomic E-state index is 0.241. The van der Waals surface area contributed by atoms with Gasteiger partial charge in [0.1, 0.15) is 0 Å². The third-order valence-electron chi connectivity index (χ3n) is 4.83. The van der Waals surface area contributed by atoms with Crippen LogP contribution in [0, 0.1) is 0 Å². The number of aryl methyl sites for hydroxylation is 1. The molecule has 0 unspecified atom stereocenters. The second-order valence-electron chi connectivity index (χ2n) is 8.06. The van der Waals surface area contributed by atoms with E-state index in [4.69, 9.17) is 5.73 Å². The highest BCUT2D eigenvalue weighted by Gasteiger charge is 2.21. The number of hydrogen-bond acceptors (Lipinski definition) is 1. The summed E-state index contributed by atoms with van der Waals surface area (Å²) in [6.45, 7) is 9.08. The van der Waals surface area contributed by atoms with Crippen molar-refractivity contribution in [2.45, 2.75) is 90.0 Å². The molecule has 1 heteroatoms. The van der Waals surface area contributed by atoms with E-state index in [-0.39, 0.29) is 5.41 Å². The Kier molecular flexibility index (Phi) is 5.48. The number of benzene rings is 1. The lowest BCUT2D eigenvalue weighted by Gasteiger charge is -2.23. The molecule has 2 N–H and O–H groups in total. The van der Waals surface area contributed by atoms with E-state index in [1.807, 2.05) is 0 Å². The van der Waals surface area contributed by atoms with Crippen LogP contribution in [0.25, 0.3) is 0 Å². The molecule has 0 bridgehead atoms. The third-order valence-corrected chi connectivity index (χ3v) is 4.83. The zero-order chi connectivity index (χ0) is 15.5. The molecule has 0 saturated heterocycles. The molecule has 1 nitrogen and oxygen atoms in total. The van der Waals surface area contributed by atoms with Gasteiger partial charge in [-0.05, 0) is 67.1 Å². The topological polar surface area (TPSA) is 26.0 Å². The van der Waals surface area contributed by atoms with Gasteiger partial charge in [-0.15, -0.1) is 0 Å². The average molecular weight is 287 g/mol. The van der Waals surface area contributed by atoms with Gasteiger partial charge in [-0.3, -0.25) is 0 Å². The molecule has 1 aromatic carbocycles. The van der Waals surface area contributed by atoms with Gasteiger partial charge >= 0.3 is 0 Å². The maximum atomic E-state index is 5.89. The van der Waals surface area contributed by atoms with Crippen LogP contribution >= 0.6 is 0 Å². The molecule has 0 amide bonds. The molecule has 0 radical (unpaired) electrons. The number of hydrogen-bond donors (Lipinski definition) is 1. The molecule has 0 aliphatic heterocycles. The van der Waals surface area contributed by atoms with Crippen LogP contribution in [0.3, 0.4) is 0 Å². The standard InChI is InChI=1S/C20H33N/c1-15(21)8-7-9-16-12-18(17-10-5-6-11-17)14-19(13-16)20(2,3)4/h12-15,17H,5-11,21H2,1-4H3/t15-/m0/s1. The van der Waals surface area contributed by atoms with E-state index >= 15 is 0 Å². The quantitative estimate of drug-likeness (QED) is 0.780. The first kappa shape index (κ1) is 16.5. The van der Waals surface area contributed by atoms with Crippen molar-refractivity contribution in [2.75, 3.05) is 0 Å². The first-order chi connectivity index (χ1) is 9.86. The van der Waals surface area contributed by atoms with Crippen molar-refractivity contribution in [3.8, 4) is 0 Å². The highest BCUT2D eigenvalue weighted by Crippen LogP contribution is 2.36. The molecule has 1 aliphatic carbocycles. The molecule has 1 atom stereocenters. The summed E-state index contributed by atoms with van der Waals surface area (Å²) in [6.07, 6.45) is 9.08. The molecule has 0 heterocycles. The Labute approximate surface area is 131 Å². The minimum atomic E-state index is 0.241. The fraction of sp³-hybridized carbons (Fsp3) is 0.700. The maximum absolute atomic E-state index is 5.89. The number of nitrogens with two attached hydrogens (primary N) is 1. The van der Waals surface area contributed by atoms with Crippen LogP contribution in [-0.2, 0) is 11.8 Å². The van der Waals surface area contributed by atoms with Gasteiger partial charge in [0.05, 0.1) is 0 Å². The Hall–Kier alpha value is -0.820. The van der Waals surface area contributed by atoms with Crippen molar-refractivity contribution in [3.63, 3.8) is 0 Å². The summed E-state index contributed by atoms with van der Waals surface area (Å²) in [5.74, 6) is 0.805.